The third-order valence-corrected chi connectivity index (χ3v) is 21.6. The first-order chi connectivity index (χ1) is 14.3. The molecule has 5 rings (SSSR count). The van der Waals surface area contributed by atoms with Crippen molar-refractivity contribution in [3.05, 3.63) is 17.9 Å². The van der Waals surface area contributed by atoms with Gasteiger partial charge in [-0.2, -0.15) is 0 Å². The van der Waals surface area contributed by atoms with Gasteiger partial charge in [0.25, 0.3) is 0 Å². The van der Waals surface area contributed by atoms with Crippen LogP contribution in [0.1, 0.15) is 6.42 Å². The molecule has 8 atom stereocenters. The minimum Gasteiger partial charge on any atom is -0.350 e. The van der Waals surface area contributed by atoms with Crippen molar-refractivity contribution in [3.8, 4) is 0 Å². The highest BCUT2D eigenvalue weighted by molar-refractivity contribution is 9.17. The number of fused-ring (bicyclic) bond motifs is 11. The van der Waals surface area contributed by atoms with Crippen LogP contribution in [-0.2, 0) is 18.9 Å². The predicted octanol–water partition coefficient (Wildman–Crippen LogP) is 7.43. The van der Waals surface area contributed by atoms with Gasteiger partial charge >= 0.3 is 0 Å². The van der Waals surface area contributed by atoms with E-state index >= 15 is 0 Å². The molecule has 4 bridgehead atoms. The van der Waals surface area contributed by atoms with E-state index in [1.807, 2.05) is 0 Å². The summed E-state index contributed by atoms with van der Waals surface area (Å²) in [5.41, 5.74) is 0. The normalized spacial score (nSPS) is 53.0. The molecule has 12 heteroatoms. The summed E-state index contributed by atoms with van der Waals surface area (Å²) in [6.07, 6.45) is 0.903. The Morgan fingerprint density at radius 3 is 1.06 bits per heavy atom. The van der Waals surface area contributed by atoms with Crippen LogP contribution in [0.4, 0.5) is 0 Å². The Labute approximate surface area is 248 Å². The van der Waals surface area contributed by atoms with Gasteiger partial charge < -0.3 is 18.9 Å². The van der Waals surface area contributed by atoms with Crippen LogP contribution in [0.3, 0.4) is 0 Å². The van der Waals surface area contributed by atoms with Crippen molar-refractivity contribution in [2.75, 3.05) is 28.4 Å². The van der Waals surface area contributed by atoms with Crippen molar-refractivity contribution in [2.45, 2.75) is 35.3 Å². The maximum atomic E-state index is 6.22. The molecular weight excluding hydrogens is 931 g/mol. The fraction of sp³-hybridized carbons (Fsp3) is 0.789. The molecule has 0 radical (unpaired) electrons. The van der Waals surface area contributed by atoms with Crippen LogP contribution >= 0.6 is 127 Å². The summed E-state index contributed by atoms with van der Waals surface area (Å²) in [5.74, 6) is -1.28. The van der Waals surface area contributed by atoms with Crippen LogP contribution in [0.2, 0.25) is 0 Å². The third kappa shape index (κ3) is 2.12. The molecule has 0 unspecified atom stereocenters. The van der Waals surface area contributed by atoms with E-state index in [2.05, 4.69) is 127 Å². The Balaban J connectivity index is 1.81. The van der Waals surface area contributed by atoms with Crippen molar-refractivity contribution in [2.24, 2.45) is 23.7 Å². The number of hydrogen-bond acceptors (Lipinski definition) is 4. The van der Waals surface area contributed by atoms with Crippen LogP contribution in [-0.4, -0.2) is 57.3 Å². The lowest BCUT2D eigenvalue weighted by molar-refractivity contribution is -0.219. The van der Waals surface area contributed by atoms with Gasteiger partial charge in [-0.3, -0.25) is 0 Å². The highest BCUT2D eigenvalue weighted by Crippen LogP contribution is 2.88. The molecule has 0 aromatic heterocycles. The van der Waals surface area contributed by atoms with Gasteiger partial charge in [0.05, 0.1) is 0 Å². The Morgan fingerprint density at radius 2 is 0.806 bits per heavy atom. The molecule has 0 heterocycles. The number of halogens is 8. The summed E-state index contributed by atoms with van der Waals surface area (Å²) in [4.78, 5) is 0. The van der Waals surface area contributed by atoms with E-state index in [-0.39, 0.29) is 23.7 Å². The SMILES string of the molecule is COC1(OC)[C@@]2(Br)C(Br)=C(Br)[C@]1(Br)[C@@H]1[C@@H]3[C@H](C[C@@H]12)[C@]1(Br)C(Br)=C(Br)[C@@]3(Br)C1(OC)OC. The van der Waals surface area contributed by atoms with Crippen LogP contribution in [0, 0.1) is 23.7 Å². The van der Waals surface area contributed by atoms with Gasteiger partial charge in [-0.15, -0.1) is 0 Å². The fourth-order valence-electron chi connectivity index (χ4n) is 7.58. The van der Waals surface area contributed by atoms with Crippen LogP contribution < -0.4 is 0 Å². The van der Waals surface area contributed by atoms with Gasteiger partial charge in [0, 0.05) is 46.4 Å². The summed E-state index contributed by atoms with van der Waals surface area (Å²) in [5, 5.41) is 0. The standard InChI is InChI=1S/C19H18Br8O4/c1-28-18(29-2)14(24)6-5-7-9(8(6)16(18,26)12(22)10(14)20)17(27)13(23)11(21)15(7,25)19(17,30-3)31-4/h6-9H,5H2,1-4H3/t6-,7-,8-,9-,14-,15-,16+,17+/m0/s1. The lowest BCUT2D eigenvalue weighted by Gasteiger charge is -2.47. The summed E-state index contributed by atoms with van der Waals surface area (Å²) < 4.78 is 26.4. The van der Waals surface area contributed by atoms with E-state index in [0.717, 1.165) is 24.4 Å². The van der Waals surface area contributed by atoms with Crippen molar-refractivity contribution >= 4 is 127 Å². The monoisotopic (exact) mass is 941 g/mol. The molecule has 31 heavy (non-hydrogen) atoms. The fourth-order valence-corrected chi connectivity index (χ4v) is 18.1. The Kier molecular flexibility index (Phi) is 6.14. The van der Waals surface area contributed by atoms with E-state index in [9.17, 15) is 0 Å². The van der Waals surface area contributed by atoms with Crippen LogP contribution in [0.15, 0.2) is 17.9 Å². The lowest BCUT2D eigenvalue weighted by atomic mass is 9.74. The van der Waals surface area contributed by atoms with Crippen molar-refractivity contribution in [1.29, 1.82) is 0 Å². The number of methoxy groups -OCH3 is 4. The largest absolute Gasteiger partial charge is 0.350 e. The van der Waals surface area contributed by atoms with E-state index in [4.69, 9.17) is 18.9 Å². The molecule has 0 saturated heterocycles. The van der Waals surface area contributed by atoms with Crippen molar-refractivity contribution in [1.82, 2.24) is 0 Å². The molecule has 0 spiro atoms. The van der Waals surface area contributed by atoms with Gasteiger partial charge in [-0.05, 0) is 30.1 Å². The molecule has 174 valence electrons. The van der Waals surface area contributed by atoms with Gasteiger partial charge in [0.2, 0.25) is 11.6 Å². The van der Waals surface area contributed by atoms with Gasteiger partial charge in [-0.1, -0.05) is 127 Å². The molecular formula is C19H18Br8O4. The second-order valence-corrected chi connectivity index (χ2v) is 16.8. The second-order valence-electron chi connectivity index (χ2n) is 8.65. The maximum absolute atomic E-state index is 6.22. The highest BCUT2D eigenvalue weighted by Gasteiger charge is 2.93. The third-order valence-electron chi connectivity index (χ3n) is 8.43. The minimum atomic E-state index is -0.959. The van der Waals surface area contributed by atoms with E-state index in [1.165, 1.54) is 0 Å². The average Bonchev–Trinajstić information content (AvgIpc) is 3.36. The first-order valence-corrected chi connectivity index (χ1v) is 15.8. The minimum absolute atomic E-state index is 0.115. The van der Waals surface area contributed by atoms with E-state index in [1.54, 1.807) is 28.4 Å². The molecule has 0 aliphatic heterocycles. The summed E-state index contributed by atoms with van der Waals surface area (Å²) in [6, 6.07) is 0. The first-order valence-electron chi connectivity index (χ1n) is 9.43. The molecule has 5 aliphatic carbocycles. The number of hydrogen-bond donors (Lipinski definition) is 0. The summed E-state index contributed by atoms with van der Waals surface area (Å²) in [7, 11) is 6.82. The van der Waals surface area contributed by atoms with Gasteiger partial charge in [0.15, 0.2) is 0 Å². The zero-order valence-corrected chi connectivity index (χ0v) is 29.4. The molecule has 0 aromatic rings. The zero-order chi connectivity index (χ0) is 23.2. The summed E-state index contributed by atoms with van der Waals surface area (Å²) >= 11 is 32.1. The number of ether oxygens (including phenoxy) is 4. The Morgan fingerprint density at radius 1 is 0.548 bits per heavy atom. The highest BCUT2D eigenvalue weighted by atomic mass is 79.9. The molecule has 3 saturated carbocycles. The lowest BCUT2D eigenvalue weighted by Crippen LogP contribution is -2.59. The smallest absolute Gasteiger partial charge is 0.208 e. The molecule has 5 aliphatic rings. The quantitative estimate of drug-likeness (QED) is 0.218. The maximum Gasteiger partial charge on any atom is 0.208 e. The van der Waals surface area contributed by atoms with Gasteiger partial charge in [-0.25, -0.2) is 0 Å². The zero-order valence-electron chi connectivity index (χ0n) is 16.7. The second kappa shape index (κ2) is 7.38. The molecule has 0 aromatic carbocycles. The Bertz CT molecular complexity index is 873. The number of rotatable bonds is 4. The molecule has 0 amide bonds. The van der Waals surface area contributed by atoms with Crippen molar-refractivity contribution < 1.29 is 18.9 Å². The number of alkyl halides is 4. The van der Waals surface area contributed by atoms with Crippen LogP contribution in [0.25, 0.3) is 0 Å². The molecule has 0 N–H and O–H groups in total. The predicted molar refractivity (Wildman–Crippen MR) is 148 cm³/mol. The van der Waals surface area contributed by atoms with E-state index in [0.29, 0.717) is 0 Å². The average molecular weight is 950 g/mol. The van der Waals surface area contributed by atoms with Gasteiger partial charge in [0.1, 0.15) is 17.3 Å². The topological polar surface area (TPSA) is 36.9 Å². The summed E-state index contributed by atoms with van der Waals surface area (Å²) in [6.45, 7) is 0. The van der Waals surface area contributed by atoms with Crippen LogP contribution in [0.5, 0.6) is 0 Å². The van der Waals surface area contributed by atoms with E-state index < -0.39 is 28.9 Å². The molecule has 3 fully saturated rings. The molecule has 4 nitrogen and oxygen atoms in total. The first kappa shape index (κ1) is 25.8. The Hall–Kier alpha value is 3.16. The van der Waals surface area contributed by atoms with Crippen molar-refractivity contribution in [3.63, 3.8) is 0 Å².